The molecule has 5 rings (SSSR count). The minimum Gasteiger partial charge on any atom is -0.487 e. The summed E-state index contributed by atoms with van der Waals surface area (Å²) in [4.78, 5) is 11.3. The molecule has 1 aliphatic carbocycles. The Morgan fingerprint density at radius 1 is 0.938 bits per heavy atom. The number of hydrogen-bond donors (Lipinski definition) is 0. The summed E-state index contributed by atoms with van der Waals surface area (Å²) in [6.45, 7) is 8.98. The molecule has 2 aliphatic rings. The molecule has 2 fully saturated rings. The van der Waals surface area contributed by atoms with E-state index >= 15 is 0 Å². The Kier molecular flexibility index (Phi) is 5.60. The SMILES string of the molecule is Cc1ccc(C(C)(C)c2ccc(OCc3ccnc(OC4CN(C5CC5)C4)n3)cc2)cc1. The second-order valence-corrected chi connectivity index (χ2v) is 9.56. The van der Waals surface area contributed by atoms with Crippen LogP contribution >= 0.6 is 0 Å². The molecular weight excluding hydrogens is 398 g/mol. The number of aromatic nitrogens is 2. The third kappa shape index (κ3) is 4.63. The molecule has 2 heterocycles. The van der Waals surface area contributed by atoms with Crippen LogP contribution < -0.4 is 9.47 Å². The number of likely N-dealkylation sites (tertiary alicyclic amines) is 1. The first-order chi connectivity index (χ1) is 15.5. The van der Waals surface area contributed by atoms with E-state index in [1.807, 2.05) is 18.2 Å². The largest absolute Gasteiger partial charge is 0.487 e. The number of ether oxygens (including phenoxy) is 2. The van der Waals surface area contributed by atoms with Crippen molar-refractivity contribution in [1.29, 1.82) is 0 Å². The van der Waals surface area contributed by atoms with Crippen LogP contribution in [0.25, 0.3) is 0 Å². The molecule has 5 nitrogen and oxygen atoms in total. The smallest absolute Gasteiger partial charge is 0.317 e. The van der Waals surface area contributed by atoms with Gasteiger partial charge >= 0.3 is 6.01 Å². The van der Waals surface area contributed by atoms with E-state index in [-0.39, 0.29) is 11.5 Å². The molecule has 0 amide bonds. The van der Waals surface area contributed by atoms with E-state index in [0.717, 1.165) is 30.6 Å². The van der Waals surface area contributed by atoms with Crippen LogP contribution in [0.1, 0.15) is 49.1 Å². The lowest BCUT2D eigenvalue weighted by atomic mass is 9.78. The van der Waals surface area contributed by atoms with Gasteiger partial charge in [-0.05, 0) is 49.1 Å². The third-order valence-corrected chi connectivity index (χ3v) is 6.64. The Hall–Kier alpha value is -2.92. The Bertz CT molecular complexity index is 1050. The van der Waals surface area contributed by atoms with E-state index in [9.17, 15) is 0 Å². The molecule has 32 heavy (non-hydrogen) atoms. The predicted octanol–water partition coefficient (Wildman–Crippen LogP) is 4.92. The Morgan fingerprint density at radius 3 is 2.25 bits per heavy atom. The third-order valence-electron chi connectivity index (χ3n) is 6.64. The fourth-order valence-electron chi connectivity index (χ4n) is 4.21. The quantitative estimate of drug-likeness (QED) is 0.509. The second-order valence-electron chi connectivity index (χ2n) is 9.56. The molecule has 1 saturated heterocycles. The lowest BCUT2D eigenvalue weighted by Crippen LogP contribution is -2.54. The van der Waals surface area contributed by atoms with Crippen LogP contribution in [0, 0.1) is 6.92 Å². The lowest BCUT2D eigenvalue weighted by molar-refractivity contribution is 0.00835. The van der Waals surface area contributed by atoms with Gasteiger partial charge in [-0.3, -0.25) is 4.90 Å². The maximum atomic E-state index is 5.98. The maximum absolute atomic E-state index is 5.98. The summed E-state index contributed by atoms with van der Waals surface area (Å²) in [6, 6.07) is 20.2. The first-order valence-electron chi connectivity index (χ1n) is 11.5. The molecule has 1 aliphatic heterocycles. The molecule has 2 aromatic carbocycles. The number of rotatable bonds is 8. The molecule has 3 aromatic rings. The van der Waals surface area contributed by atoms with E-state index in [1.165, 1.54) is 29.5 Å². The number of hydrogen-bond acceptors (Lipinski definition) is 5. The van der Waals surface area contributed by atoms with E-state index in [2.05, 4.69) is 72.0 Å². The van der Waals surface area contributed by atoms with E-state index in [0.29, 0.717) is 12.6 Å². The van der Waals surface area contributed by atoms with Crippen LogP contribution in [0.15, 0.2) is 60.8 Å². The minimum absolute atomic E-state index is 0.0677. The molecule has 0 unspecified atom stereocenters. The monoisotopic (exact) mass is 429 g/mol. The fourth-order valence-corrected chi connectivity index (χ4v) is 4.21. The first-order valence-corrected chi connectivity index (χ1v) is 11.5. The molecule has 5 heteroatoms. The van der Waals surface area contributed by atoms with Crippen molar-refractivity contribution in [3.63, 3.8) is 0 Å². The van der Waals surface area contributed by atoms with Crippen molar-refractivity contribution in [1.82, 2.24) is 14.9 Å². The maximum Gasteiger partial charge on any atom is 0.317 e. The van der Waals surface area contributed by atoms with Gasteiger partial charge < -0.3 is 9.47 Å². The van der Waals surface area contributed by atoms with Gasteiger partial charge in [0.2, 0.25) is 0 Å². The Morgan fingerprint density at radius 2 is 1.59 bits per heavy atom. The van der Waals surface area contributed by atoms with Crippen molar-refractivity contribution in [2.24, 2.45) is 0 Å². The highest BCUT2D eigenvalue weighted by atomic mass is 16.5. The number of aryl methyl sites for hydroxylation is 1. The normalized spacial score (nSPS) is 17.1. The Labute approximate surface area is 190 Å². The zero-order valence-corrected chi connectivity index (χ0v) is 19.1. The first kappa shape index (κ1) is 21.0. The van der Waals surface area contributed by atoms with Gasteiger partial charge in [0.05, 0.1) is 5.69 Å². The van der Waals surface area contributed by atoms with Crippen LogP contribution in [-0.4, -0.2) is 40.1 Å². The van der Waals surface area contributed by atoms with Gasteiger partial charge in [0.15, 0.2) is 0 Å². The average molecular weight is 430 g/mol. The lowest BCUT2D eigenvalue weighted by Gasteiger charge is -2.38. The molecular formula is C27H31N3O2. The molecule has 1 aromatic heterocycles. The van der Waals surface area contributed by atoms with E-state index < -0.39 is 0 Å². The summed E-state index contributed by atoms with van der Waals surface area (Å²) >= 11 is 0. The zero-order chi connectivity index (χ0) is 22.1. The van der Waals surface area contributed by atoms with Crippen molar-refractivity contribution in [2.45, 2.75) is 57.8 Å². The standard InChI is InChI=1S/C27H31N3O2/c1-19-4-6-20(7-5-19)27(2,3)21-8-12-24(13-9-21)31-18-22-14-15-28-26(29-22)32-25-16-30(17-25)23-10-11-23/h4-9,12-15,23,25H,10-11,16-18H2,1-3H3. The van der Waals surface area contributed by atoms with Gasteiger partial charge in [0.1, 0.15) is 18.5 Å². The highest BCUT2D eigenvalue weighted by Crippen LogP contribution is 2.33. The summed E-state index contributed by atoms with van der Waals surface area (Å²) in [5.41, 5.74) is 4.59. The molecule has 0 radical (unpaired) electrons. The predicted molar refractivity (Wildman–Crippen MR) is 125 cm³/mol. The van der Waals surface area contributed by atoms with Crippen molar-refractivity contribution in [3.05, 3.63) is 83.2 Å². The molecule has 1 saturated carbocycles. The number of nitrogens with zero attached hydrogens (tertiary/aromatic N) is 3. The van der Waals surface area contributed by atoms with Crippen LogP contribution in [0.3, 0.4) is 0 Å². The molecule has 0 bridgehead atoms. The van der Waals surface area contributed by atoms with Crippen LogP contribution in [0.2, 0.25) is 0 Å². The van der Waals surface area contributed by atoms with Crippen molar-refractivity contribution < 1.29 is 9.47 Å². The average Bonchev–Trinajstić information content (AvgIpc) is 3.60. The molecule has 0 N–H and O–H groups in total. The second kappa shape index (κ2) is 8.55. The van der Waals surface area contributed by atoms with Gasteiger partial charge in [-0.2, -0.15) is 4.98 Å². The summed E-state index contributed by atoms with van der Waals surface area (Å²) in [6.07, 6.45) is 4.61. The fraction of sp³-hybridized carbons (Fsp3) is 0.407. The van der Waals surface area contributed by atoms with Gasteiger partial charge in [0, 0.05) is 30.7 Å². The van der Waals surface area contributed by atoms with Crippen LogP contribution in [0.5, 0.6) is 11.8 Å². The van der Waals surface area contributed by atoms with E-state index in [4.69, 9.17) is 9.47 Å². The van der Waals surface area contributed by atoms with Gasteiger partial charge in [-0.25, -0.2) is 4.98 Å². The summed E-state index contributed by atoms with van der Waals surface area (Å²) in [5, 5.41) is 0. The van der Waals surface area contributed by atoms with E-state index in [1.54, 1.807) is 6.20 Å². The summed E-state index contributed by atoms with van der Waals surface area (Å²) < 4.78 is 11.9. The molecule has 0 spiro atoms. The van der Waals surface area contributed by atoms with Crippen LogP contribution in [0.4, 0.5) is 0 Å². The number of benzene rings is 2. The summed E-state index contributed by atoms with van der Waals surface area (Å²) in [5.74, 6) is 0.827. The highest BCUT2D eigenvalue weighted by molar-refractivity contribution is 5.40. The summed E-state index contributed by atoms with van der Waals surface area (Å²) in [7, 11) is 0. The van der Waals surface area contributed by atoms with Crippen molar-refractivity contribution in [2.75, 3.05) is 13.1 Å². The minimum atomic E-state index is -0.0677. The van der Waals surface area contributed by atoms with Gasteiger partial charge in [0.25, 0.3) is 0 Å². The van der Waals surface area contributed by atoms with Crippen molar-refractivity contribution >= 4 is 0 Å². The molecule has 166 valence electrons. The topological polar surface area (TPSA) is 47.5 Å². The van der Waals surface area contributed by atoms with Crippen LogP contribution in [-0.2, 0) is 12.0 Å². The zero-order valence-electron chi connectivity index (χ0n) is 19.1. The van der Waals surface area contributed by atoms with Crippen molar-refractivity contribution in [3.8, 4) is 11.8 Å². The highest BCUT2D eigenvalue weighted by Gasteiger charge is 2.39. The van der Waals surface area contributed by atoms with Gasteiger partial charge in [-0.1, -0.05) is 55.8 Å². The Balaban J connectivity index is 1.17. The van der Waals surface area contributed by atoms with Gasteiger partial charge in [-0.15, -0.1) is 0 Å². The molecule has 0 atom stereocenters.